The molecule has 2 aromatic rings. The molecular formula is C18H21ClNO4+. The molecule has 3 N–H and O–H groups in total. The number of ether oxygens (including phenoxy) is 2. The molecule has 2 aromatic carbocycles. The number of benzene rings is 2. The summed E-state index contributed by atoms with van der Waals surface area (Å²) in [7, 11) is 1.34. The summed E-state index contributed by atoms with van der Waals surface area (Å²) in [5.41, 5.74) is 1.56. The van der Waals surface area contributed by atoms with Crippen LogP contribution in [0, 0.1) is 0 Å². The van der Waals surface area contributed by atoms with Crippen LogP contribution in [0.3, 0.4) is 0 Å². The normalized spacial score (nSPS) is 11.8. The standard InChI is InChI=1S/C18H20ClNO4/c1-23-18(22)14-5-7-17(8-6-14)24-12-16(21)11-20-10-13-3-2-4-15(19)9-13/h2-9,16,20-21H,10-12H2,1H3/p+1/t16-/m0/s1. The Morgan fingerprint density at radius 3 is 2.67 bits per heavy atom. The Morgan fingerprint density at radius 1 is 1.25 bits per heavy atom. The number of halogens is 1. The Hall–Kier alpha value is -2.08. The number of esters is 1. The quantitative estimate of drug-likeness (QED) is 0.710. The Morgan fingerprint density at radius 2 is 2.00 bits per heavy atom. The zero-order valence-corrected chi connectivity index (χ0v) is 14.2. The molecule has 2 rings (SSSR count). The largest absolute Gasteiger partial charge is 0.491 e. The summed E-state index contributed by atoms with van der Waals surface area (Å²) in [6.45, 7) is 1.45. The van der Waals surface area contributed by atoms with E-state index in [2.05, 4.69) is 4.74 Å². The molecule has 0 saturated heterocycles. The second-order valence-corrected chi connectivity index (χ2v) is 5.78. The summed E-state index contributed by atoms with van der Waals surface area (Å²) in [6.07, 6.45) is -0.593. The van der Waals surface area contributed by atoms with Gasteiger partial charge in [0.15, 0.2) is 0 Å². The molecule has 0 radical (unpaired) electrons. The van der Waals surface area contributed by atoms with Crippen molar-refractivity contribution in [2.45, 2.75) is 12.6 Å². The second kappa shape index (κ2) is 9.27. The number of carbonyl (C=O) groups is 1. The van der Waals surface area contributed by atoms with Gasteiger partial charge < -0.3 is 19.9 Å². The maximum absolute atomic E-state index is 11.3. The van der Waals surface area contributed by atoms with Crippen molar-refractivity contribution in [1.82, 2.24) is 0 Å². The van der Waals surface area contributed by atoms with Crippen LogP contribution in [0.4, 0.5) is 0 Å². The molecule has 0 fully saturated rings. The molecule has 0 unspecified atom stereocenters. The Labute approximate surface area is 146 Å². The highest BCUT2D eigenvalue weighted by Crippen LogP contribution is 2.13. The minimum absolute atomic E-state index is 0.184. The minimum Gasteiger partial charge on any atom is -0.491 e. The topological polar surface area (TPSA) is 72.4 Å². The summed E-state index contributed by atoms with van der Waals surface area (Å²) >= 11 is 5.93. The first-order valence-electron chi connectivity index (χ1n) is 7.64. The summed E-state index contributed by atoms with van der Waals surface area (Å²) in [4.78, 5) is 11.3. The van der Waals surface area contributed by atoms with E-state index in [1.165, 1.54) is 7.11 Å². The van der Waals surface area contributed by atoms with Crippen LogP contribution in [0.5, 0.6) is 5.75 Å². The lowest BCUT2D eigenvalue weighted by Crippen LogP contribution is -2.85. The number of aliphatic hydroxyl groups excluding tert-OH is 1. The molecule has 0 aliphatic heterocycles. The SMILES string of the molecule is COC(=O)c1ccc(OC[C@@H](O)C[NH2+]Cc2cccc(Cl)c2)cc1. The van der Waals surface area contributed by atoms with Gasteiger partial charge in [-0.1, -0.05) is 23.7 Å². The van der Waals surface area contributed by atoms with Crippen molar-refractivity contribution in [2.24, 2.45) is 0 Å². The monoisotopic (exact) mass is 350 g/mol. The van der Waals surface area contributed by atoms with Crippen LogP contribution < -0.4 is 10.1 Å². The highest BCUT2D eigenvalue weighted by Gasteiger charge is 2.09. The van der Waals surface area contributed by atoms with Crippen molar-refractivity contribution in [3.63, 3.8) is 0 Å². The number of hydrogen-bond acceptors (Lipinski definition) is 4. The van der Waals surface area contributed by atoms with Crippen LogP contribution >= 0.6 is 11.6 Å². The van der Waals surface area contributed by atoms with Crippen molar-refractivity contribution in [2.75, 3.05) is 20.3 Å². The maximum Gasteiger partial charge on any atom is 0.337 e. The lowest BCUT2D eigenvalue weighted by molar-refractivity contribution is -0.676. The number of nitrogens with two attached hydrogens (primary N) is 1. The first-order valence-corrected chi connectivity index (χ1v) is 8.01. The van der Waals surface area contributed by atoms with Gasteiger partial charge in [-0.25, -0.2) is 4.79 Å². The number of carbonyl (C=O) groups excluding carboxylic acids is 1. The molecule has 0 spiro atoms. The fourth-order valence-corrected chi connectivity index (χ4v) is 2.38. The van der Waals surface area contributed by atoms with E-state index in [1.807, 2.05) is 29.6 Å². The van der Waals surface area contributed by atoms with Gasteiger partial charge in [-0.15, -0.1) is 0 Å². The molecule has 0 aliphatic rings. The van der Waals surface area contributed by atoms with Crippen LogP contribution in [-0.2, 0) is 11.3 Å². The van der Waals surface area contributed by atoms with Gasteiger partial charge in [-0.05, 0) is 36.4 Å². The number of rotatable bonds is 8. The van der Waals surface area contributed by atoms with Crippen molar-refractivity contribution in [3.8, 4) is 5.75 Å². The first-order chi connectivity index (χ1) is 11.6. The van der Waals surface area contributed by atoms with Crippen molar-refractivity contribution in [3.05, 3.63) is 64.7 Å². The van der Waals surface area contributed by atoms with Crippen LogP contribution in [0.15, 0.2) is 48.5 Å². The average Bonchev–Trinajstić information content (AvgIpc) is 2.60. The lowest BCUT2D eigenvalue weighted by atomic mass is 10.2. The fourth-order valence-electron chi connectivity index (χ4n) is 2.17. The molecule has 5 nitrogen and oxygen atoms in total. The molecular weight excluding hydrogens is 330 g/mol. The van der Waals surface area contributed by atoms with E-state index in [0.717, 1.165) is 12.1 Å². The van der Waals surface area contributed by atoms with E-state index in [9.17, 15) is 9.90 Å². The van der Waals surface area contributed by atoms with E-state index >= 15 is 0 Å². The predicted molar refractivity (Wildman–Crippen MR) is 91.2 cm³/mol. The molecule has 1 atom stereocenters. The van der Waals surface area contributed by atoms with E-state index in [1.54, 1.807) is 24.3 Å². The predicted octanol–water partition coefficient (Wildman–Crippen LogP) is 1.63. The highest BCUT2D eigenvalue weighted by atomic mass is 35.5. The van der Waals surface area contributed by atoms with Gasteiger partial charge in [0.05, 0.1) is 12.7 Å². The number of hydrogen-bond donors (Lipinski definition) is 2. The molecule has 6 heteroatoms. The molecule has 0 saturated carbocycles. The van der Waals surface area contributed by atoms with Crippen LogP contribution in [0.25, 0.3) is 0 Å². The third kappa shape index (κ3) is 5.85. The molecule has 0 aromatic heterocycles. The number of methoxy groups -OCH3 is 1. The van der Waals surface area contributed by atoms with Crippen LogP contribution in [-0.4, -0.2) is 37.4 Å². The third-order valence-electron chi connectivity index (χ3n) is 3.43. The average molecular weight is 351 g/mol. The van der Waals surface area contributed by atoms with Gasteiger partial charge in [0.25, 0.3) is 0 Å². The van der Waals surface area contributed by atoms with E-state index < -0.39 is 12.1 Å². The smallest absolute Gasteiger partial charge is 0.337 e. The summed E-state index contributed by atoms with van der Waals surface area (Å²) in [6, 6.07) is 14.2. The van der Waals surface area contributed by atoms with Gasteiger partial charge in [-0.2, -0.15) is 0 Å². The van der Waals surface area contributed by atoms with Gasteiger partial charge in [-0.3, -0.25) is 0 Å². The van der Waals surface area contributed by atoms with E-state index in [4.69, 9.17) is 16.3 Å². The van der Waals surface area contributed by atoms with Gasteiger partial charge in [0, 0.05) is 10.6 Å². The molecule has 0 aliphatic carbocycles. The zero-order valence-electron chi connectivity index (χ0n) is 13.4. The summed E-state index contributed by atoms with van der Waals surface area (Å²) in [5.74, 6) is 0.203. The Kier molecular flexibility index (Phi) is 7.06. The van der Waals surface area contributed by atoms with Crippen molar-refractivity contribution >= 4 is 17.6 Å². The molecule has 0 amide bonds. The fraction of sp³-hybridized carbons (Fsp3) is 0.278. The van der Waals surface area contributed by atoms with Gasteiger partial charge >= 0.3 is 5.97 Å². The lowest BCUT2D eigenvalue weighted by Gasteiger charge is -2.12. The molecule has 128 valence electrons. The van der Waals surface area contributed by atoms with Gasteiger partial charge in [0.1, 0.15) is 31.5 Å². The number of aliphatic hydroxyl groups is 1. The maximum atomic E-state index is 11.3. The summed E-state index contributed by atoms with van der Waals surface area (Å²) < 4.78 is 10.1. The van der Waals surface area contributed by atoms with Crippen LogP contribution in [0.1, 0.15) is 15.9 Å². The Bertz CT molecular complexity index is 660. The van der Waals surface area contributed by atoms with Gasteiger partial charge in [0.2, 0.25) is 0 Å². The molecule has 0 bridgehead atoms. The highest BCUT2D eigenvalue weighted by molar-refractivity contribution is 6.30. The summed E-state index contributed by atoms with van der Waals surface area (Å²) in [5, 5.41) is 12.7. The minimum atomic E-state index is -0.593. The molecule has 24 heavy (non-hydrogen) atoms. The Balaban J connectivity index is 1.71. The second-order valence-electron chi connectivity index (χ2n) is 5.34. The van der Waals surface area contributed by atoms with Crippen molar-refractivity contribution in [1.29, 1.82) is 0 Å². The number of quaternary nitrogens is 1. The van der Waals surface area contributed by atoms with E-state index in [0.29, 0.717) is 22.9 Å². The van der Waals surface area contributed by atoms with E-state index in [-0.39, 0.29) is 6.61 Å². The molecule has 0 heterocycles. The zero-order chi connectivity index (χ0) is 17.4. The van der Waals surface area contributed by atoms with Crippen molar-refractivity contribution < 1.29 is 24.7 Å². The first kappa shape index (κ1) is 18.3. The third-order valence-corrected chi connectivity index (χ3v) is 3.66. The van der Waals surface area contributed by atoms with Crippen LogP contribution in [0.2, 0.25) is 5.02 Å².